The molecule has 1 heteroatoms. The summed E-state index contributed by atoms with van der Waals surface area (Å²) in [6, 6.07) is 0.464. The van der Waals surface area contributed by atoms with Gasteiger partial charge in [-0.05, 0) is 38.0 Å². The van der Waals surface area contributed by atoms with Crippen LogP contribution >= 0.6 is 0 Å². The average Bonchev–Trinajstić information content (AvgIpc) is 2.02. The van der Waals surface area contributed by atoms with E-state index in [1.165, 1.54) is 25.7 Å². The number of allylic oxidation sites excluding steroid dienone is 2. The van der Waals surface area contributed by atoms with Crippen LogP contribution in [0.1, 0.15) is 46.5 Å². The molecule has 1 aliphatic carbocycles. The van der Waals surface area contributed by atoms with Gasteiger partial charge in [0.1, 0.15) is 0 Å². The van der Waals surface area contributed by atoms with Crippen molar-refractivity contribution in [3.05, 3.63) is 11.6 Å². The quantitative estimate of drug-likeness (QED) is 0.643. The molecule has 0 aromatic carbocycles. The first-order chi connectivity index (χ1) is 5.68. The molecule has 12 heavy (non-hydrogen) atoms. The van der Waals surface area contributed by atoms with E-state index in [4.69, 9.17) is 5.73 Å². The predicted molar refractivity (Wildman–Crippen MR) is 54.0 cm³/mol. The Morgan fingerprint density at radius 1 is 1.50 bits per heavy atom. The molecule has 70 valence electrons. The molecule has 0 aliphatic heterocycles. The molecule has 0 heterocycles. The summed E-state index contributed by atoms with van der Waals surface area (Å²) in [5, 5.41) is 0. The van der Waals surface area contributed by atoms with Crippen molar-refractivity contribution in [3.8, 4) is 0 Å². The van der Waals surface area contributed by atoms with E-state index in [0.29, 0.717) is 11.5 Å². The minimum atomic E-state index is 0.464. The Balaban J connectivity index is 2.68. The highest BCUT2D eigenvalue weighted by atomic mass is 14.7. The molecular weight excluding hydrogens is 146 g/mol. The molecule has 0 amide bonds. The van der Waals surface area contributed by atoms with Gasteiger partial charge in [0.05, 0.1) is 0 Å². The molecule has 1 fully saturated rings. The highest BCUT2D eigenvalue weighted by Gasteiger charge is 2.42. The van der Waals surface area contributed by atoms with Gasteiger partial charge in [0.15, 0.2) is 0 Å². The number of hydrogen-bond donors (Lipinski definition) is 1. The fraction of sp³-hybridized carbons (Fsp3) is 0.818. The molecule has 0 unspecified atom stereocenters. The van der Waals surface area contributed by atoms with Crippen molar-refractivity contribution in [2.45, 2.75) is 52.5 Å². The van der Waals surface area contributed by atoms with Crippen LogP contribution in [0.2, 0.25) is 0 Å². The van der Waals surface area contributed by atoms with Gasteiger partial charge in [-0.3, -0.25) is 0 Å². The molecular formula is C11H21N. The maximum atomic E-state index is 5.85. The standard InChI is InChI=1S/C11H21N/c1-4-9(5-2)11(6-3)7-10(12)8-11/h4,10H,5-8,12H2,1-3H3/b9-4+. The van der Waals surface area contributed by atoms with Crippen molar-refractivity contribution < 1.29 is 0 Å². The Morgan fingerprint density at radius 2 is 2.08 bits per heavy atom. The van der Waals surface area contributed by atoms with Crippen molar-refractivity contribution in [3.63, 3.8) is 0 Å². The zero-order valence-corrected chi connectivity index (χ0v) is 8.56. The topological polar surface area (TPSA) is 26.0 Å². The van der Waals surface area contributed by atoms with Crippen LogP contribution in [0.3, 0.4) is 0 Å². The lowest BCUT2D eigenvalue weighted by Gasteiger charge is -2.48. The summed E-state index contributed by atoms with van der Waals surface area (Å²) in [7, 11) is 0. The molecule has 0 saturated heterocycles. The first kappa shape index (κ1) is 9.79. The molecule has 1 aliphatic rings. The van der Waals surface area contributed by atoms with Crippen molar-refractivity contribution >= 4 is 0 Å². The minimum absolute atomic E-state index is 0.464. The fourth-order valence-corrected chi connectivity index (χ4v) is 2.61. The summed E-state index contributed by atoms with van der Waals surface area (Å²) in [5.41, 5.74) is 7.96. The van der Waals surface area contributed by atoms with Crippen molar-refractivity contribution in [1.82, 2.24) is 0 Å². The van der Waals surface area contributed by atoms with Crippen LogP contribution in [-0.2, 0) is 0 Å². The second-order valence-corrected chi connectivity index (χ2v) is 3.97. The van der Waals surface area contributed by atoms with Crippen LogP contribution in [-0.4, -0.2) is 6.04 Å². The monoisotopic (exact) mass is 167 g/mol. The van der Waals surface area contributed by atoms with Crippen molar-refractivity contribution in [1.29, 1.82) is 0 Å². The second kappa shape index (κ2) is 3.61. The summed E-state index contributed by atoms with van der Waals surface area (Å²) in [6.07, 6.45) is 7.15. The Labute approximate surface area is 76.0 Å². The second-order valence-electron chi connectivity index (χ2n) is 3.97. The SMILES string of the molecule is C/C=C(\CC)C1(CC)CC(N)C1. The van der Waals surface area contributed by atoms with E-state index in [9.17, 15) is 0 Å². The first-order valence-corrected chi connectivity index (χ1v) is 5.09. The summed E-state index contributed by atoms with van der Waals surface area (Å²) in [4.78, 5) is 0. The van der Waals surface area contributed by atoms with E-state index in [2.05, 4.69) is 26.8 Å². The maximum Gasteiger partial charge on any atom is 0.00555 e. The predicted octanol–water partition coefficient (Wildman–Crippen LogP) is 2.86. The Morgan fingerprint density at radius 3 is 2.33 bits per heavy atom. The summed E-state index contributed by atoms with van der Waals surface area (Å²) in [6.45, 7) is 6.68. The van der Waals surface area contributed by atoms with Gasteiger partial charge in [0, 0.05) is 6.04 Å². The van der Waals surface area contributed by atoms with E-state index in [1.807, 2.05) is 0 Å². The van der Waals surface area contributed by atoms with Crippen LogP contribution in [0.15, 0.2) is 11.6 Å². The lowest BCUT2D eigenvalue weighted by molar-refractivity contribution is 0.140. The molecule has 1 saturated carbocycles. The zero-order chi connectivity index (χ0) is 9.19. The highest BCUT2D eigenvalue weighted by Crippen LogP contribution is 2.49. The molecule has 0 spiro atoms. The molecule has 0 bridgehead atoms. The largest absolute Gasteiger partial charge is 0.328 e. The molecule has 0 radical (unpaired) electrons. The smallest absolute Gasteiger partial charge is 0.00555 e. The van der Waals surface area contributed by atoms with E-state index in [-0.39, 0.29) is 0 Å². The molecule has 0 aromatic heterocycles. The Bertz CT molecular complexity index is 175. The zero-order valence-electron chi connectivity index (χ0n) is 8.56. The third-order valence-corrected chi connectivity index (χ3v) is 3.39. The van der Waals surface area contributed by atoms with E-state index >= 15 is 0 Å². The third kappa shape index (κ3) is 1.42. The minimum Gasteiger partial charge on any atom is -0.328 e. The summed E-state index contributed by atoms with van der Waals surface area (Å²) >= 11 is 0. The molecule has 0 atom stereocenters. The molecule has 2 N–H and O–H groups in total. The highest BCUT2D eigenvalue weighted by molar-refractivity contribution is 5.19. The summed E-state index contributed by atoms with van der Waals surface area (Å²) < 4.78 is 0. The van der Waals surface area contributed by atoms with Gasteiger partial charge in [-0.2, -0.15) is 0 Å². The van der Waals surface area contributed by atoms with E-state index < -0.39 is 0 Å². The lowest BCUT2D eigenvalue weighted by Crippen LogP contribution is -2.46. The average molecular weight is 167 g/mol. The first-order valence-electron chi connectivity index (χ1n) is 5.09. The molecule has 1 nitrogen and oxygen atoms in total. The van der Waals surface area contributed by atoms with Gasteiger partial charge in [0.25, 0.3) is 0 Å². The van der Waals surface area contributed by atoms with E-state index in [1.54, 1.807) is 5.57 Å². The van der Waals surface area contributed by atoms with Crippen LogP contribution < -0.4 is 5.73 Å². The number of hydrogen-bond acceptors (Lipinski definition) is 1. The van der Waals surface area contributed by atoms with Crippen LogP contribution in [0.5, 0.6) is 0 Å². The van der Waals surface area contributed by atoms with Gasteiger partial charge in [-0.15, -0.1) is 0 Å². The number of nitrogens with two attached hydrogens (primary N) is 1. The lowest BCUT2D eigenvalue weighted by atomic mass is 9.59. The fourth-order valence-electron chi connectivity index (χ4n) is 2.61. The molecule has 1 rings (SSSR count). The van der Waals surface area contributed by atoms with Crippen LogP contribution in [0.4, 0.5) is 0 Å². The van der Waals surface area contributed by atoms with E-state index in [0.717, 1.165) is 0 Å². The third-order valence-electron chi connectivity index (χ3n) is 3.39. The van der Waals surface area contributed by atoms with Gasteiger partial charge in [0.2, 0.25) is 0 Å². The van der Waals surface area contributed by atoms with Crippen molar-refractivity contribution in [2.75, 3.05) is 0 Å². The van der Waals surface area contributed by atoms with Crippen LogP contribution in [0, 0.1) is 5.41 Å². The van der Waals surface area contributed by atoms with Gasteiger partial charge >= 0.3 is 0 Å². The Kier molecular flexibility index (Phi) is 2.94. The van der Waals surface area contributed by atoms with Crippen molar-refractivity contribution in [2.24, 2.45) is 11.1 Å². The van der Waals surface area contributed by atoms with Gasteiger partial charge < -0.3 is 5.73 Å². The van der Waals surface area contributed by atoms with Crippen LogP contribution in [0.25, 0.3) is 0 Å². The van der Waals surface area contributed by atoms with Gasteiger partial charge in [-0.1, -0.05) is 25.5 Å². The molecule has 0 aromatic rings. The Hall–Kier alpha value is -0.300. The van der Waals surface area contributed by atoms with Gasteiger partial charge in [-0.25, -0.2) is 0 Å². The normalized spacial score (nSPS) is 36.3. The number of rotatable bonds is 3. The maximum absolute atomic E-state index is 5.85. The summed E-state index contributed by atoms with van der Waals surface area (Å²) in [5.74, 6) is 0.